The summed E-state index contributed by atoms with van der Waals surface area (Å²) in [5.74, 6) is 0. The van der Waals surface area contributed by atoms with E-state index in [1.165, 1.54) is 0 Å². The van der Waals surface area contributed by atoms with Gasteiger partial charge >= 0.3 is 0 Å². The summed E-state index contributed by atoms with van der Waals surface area (Å²) in [6, 6.07) is 0. The van der Waals surface area contributed by atoms with Crippen LogP contribution in [0.4, 0.5) is 5.13 Å². The first-order valence-corrected chi connectivity index (χ1v) is 5.54. The van der Waals surface area contributed by atoms with Crippen molar-refractivity contribution >= 4 is 16.5 Å². The van der Waals surface area contributed by atoms with Gasteiger partial charge in [-0.2, -0.15) is 0 Å². The van der Waals surface area contributed by atoms with Gasteiger partial charge in [0.1, 0.15) is 5.01 Å². The van der Waals surface area contributed by atoms with Crippen LogP contribution in [0.25, 0.3) is 0 Å². The summed E-state index contributed by atoms with van der Waals surface area (Å²) in [5, 5.41) is 21.7. The number of nitrogens with zero attached hydrogens (tertiary/aromatic N) is 2. The van der Waals surface area contributed by atoms with Crippen LogP contribution in [0.15, 0.2) is 0 Å². The molecule has 0 bridgehead atoms. The third-order valence-electron chi connectivity index (χ3n) is 1.68. The van der Waals surface area contributed by atoms with Crippen molar-refractivity contribution in [3.8, 4) is 0 Å². The average molecular weight is 215 g/mol. The van der Waals surface area contributed by atoms with Gasteiger partial charge in [0, 0.05) is 18.6 Å². The molecule has 0 aliphatic heterocycles. The van der Waals surface area contributed by atoms with Crippen molar-refractivity contribution in [3.05, 3.63) is 5.01 Å². The van der Waals surface area contributed by atoms with Crippen LogP contribution in [0.2, 0.25) is 0 Å². The first-order valence-electron chi connectivity index (χ1n) is 4.73. The van der Waals surface area contributed by atoms with E-state index >= 15 is 0 Å². The summed E-state index contributed by atoms with van der Waals surface area (Å²) in [6.45, 7) is 7.30. The number of aliphatic hydroxyl groups is 1. The maximum atomic E-state index is 8.61. The van der Waals surface area contributed by atoms with E-state index in [9.17, 15) is 0 Å². The van der Waals surface area contributed by atoms with E-state index in [-0.39, 0.29) is 12.0 Å². The van der Waals surface area contributed by atoms with Gasteiger partial charge in [0.05, 0.1) is 0 Å². The molecule has 0 fully saturated rings. The maximum absolute atomic E-state index is 8.61. The summed E-state index contributed by atoms with van der Waals surface area (Å²) in [6.07, 6.45) is 0.741. The highest BCUT2D eigenvalue weighted by atomic mass is 32.1. The van der Waals surface area contributed by atoms with Crippen LogP contribution >= 0.6 is 11.3 Å². The normalized spacial score (nSPS) is 11.7. The second kappa shape index (κ2) is 4.70. The second-order valence-corrected chi connectivity index (χ2v) is 5.14. The first kappa shape index (κ1) is 11.4. The van der Waals surface area contributed by atoms with Crippen molar-refractivity contribution in [2.45, 2.75) is 32.6 Å². The van der Waals surface area contributed by atoms with Gasteiger partial charge < -0.3 is 10.4 Å². The van der Waals surface area contributed by atoms with Gasteiger partial charge in [-0.15, -0.1) is 10.2 Å². The molecular formula is C9H17N3OS. The molecule has 1 aromatic rings. The molecular weight excluding hydrogens is 198 g/mol. The van der Waals surface area contributed by atoms with Crippen LogP contribution < -0.4 is 5.32 Å². The lowest BCUT2D eigenvalue weighted by atomic mass is 9.98. The van der Waals surface area contributed by atoms with Gasteiger partial charge in [-0.1, -0.05) is 32.1 Å². The van der Waals surface area contributed by atoms with Crippen LogP contribution in [-0.2, 0) is 5.41 Å². The van der Waals surface area contributed by atoms with E-state index in [1.54, 1.807) is 11.3 Å². The fraction of sp³-hybridized carbons (Fsp3) is 0.778. The summed E-state index contributed by atoms with van der Waals surface area (Å²) in [7, 11) is 0. The summed E-state index contributed by atoms with van der Waals surface area (Å²) < 4.78 is 0. The molecule has 0 saturated carbocycles. The number of anilines is 1. The Hall–Kier alpha value is -0.680. The monoisotopic (exact) mass is 215 g/mol. The Morgan fingerprint density at radius 2 is 2.07 bits per heavy atom. The van der Waals surface area contributed by atoms with Gasteiger partial charge in [-0.3, -0.25) is 0 Å². The van der Waals surface area contributed by atoms with Gasteiger partial charge in [0.25, 0.3) is 0 Å². The Kier molecular flexibility index (Phi) is 3.83. The lowest BCUT2D eigenvalue weighted by Gasteiger charge is -2.12. The number of aliphatic hydroxyl groups excluding tert-OH is 1. The number of hydrogen-bond donors (Lipinski definition) is 2. The van der Waals surface area contributed by atoms with Crippen molar-refractivity contribution in [1.82, 2.24) is 10.2 Å². The standard InChI is InChI=1S/C9H17N3OS/c1-9(2,3)7-11-12-8(14-7)10-5-4-6-13/h13H,4-6H2,1-3H3,(H,10,12). The minimum Gasteiger partial charge on any atom is -0.396 e. The molecule has 1 rings (SSSR count). The fourth-order valence-corrected chi connectivity index (χ4v) is 1.70. The molecule has 0 aliphatic rings. The number of hydrogen-bond acceptors (Lipinski definition) is 5. The molecule has 2 N–H and O–H groups in total. The van der Waals surface area contributed by atoms with Crippen molar-refractivity contribution in [2.75, 3.05) is 18.5 Å². The van der Waals surface area contributed by atoms with Crippen molar-refractivity contribution < 1.29 is 5.11 Å². The molecule has 80 valence electrons. The Labute approximate surface area is 88.4 Å². The third kappa shape index (κ3) is 3.23. The zero-order valence-corrected chi connectivity index (χ0v) is 9.69. The molecule has 0 amide bonds. The molecule has 0 spiro atoms. The Morgan fingerprint density at radius 1 is 1.36 bits per heavy atom. The molecule has 0 atom stereocenters. The zero-order chi connectivity index (χ0) is 10.6. The first-order chi connectivity index (χ1) is 6.54. The predicted octanol–water partition coefficient (Wildman–Crippen LogP) is 1.63. The van der Waals surface area contributed by atoms with Crippen LogP contribution in [-0.4, -0.2) is 28.5 Å². The van der Waals surface area contributed by atoms with E-state index < -0.39 is 0 Å². The average Bonchev–Trinajstić information content (AvgIpc) is 2.52. The van der Waals surface area contributed by atoms with E-state index in [0.717, 1.165) is 23.1 Å². The van der Waals surface area contributed by atoms with Crippen LogP contribution in [0, 0.1) is 0 Å². The highest BCUT2D eigenvalue weighted by Gasteiger charge is 2.18. The lowest BCUT2D eigenvalue weighted by Crippen LogP contribution is -2.10. The molecule has 0 radical (unpaired) electrons. The van der Waals surface area contributed by atoms with Gasteiger partial charge in [0.15, 0.2) is 0 Å². The molecule has 5 heteroatoms. The minimum absolute atomic E-state index is 0.0641. The molecule has 1 heterocycles. The van der Waals surface area contributed by atoms with Gasteiger partial charge in [-0.05, 0) is 6.42 Å². The number of rotatable bonds is 4. The molecule has 1 aromatic heterocycles. The smallest absolute Gasteiger partial charge is 0.205 e. The van der Waals surface area contributed by atoms with Crippen LogP contribution in [0.5, 0.6) is 0 Å². The van der Waals surface area contributed by atoms with Crippen LogP contribution in [0.3, 0.4) is 0 Å². The minimum atomic E-state index is 0.0641. The Morgan fingerprint density at radius 3 is 2.57 bits per heavy atom. The second-order valence-electron chi connectivity index (χ2n) is 4.17. The van der Waals surface area contributed by atoms with Crippen molar-refractivity contribution in [3.63, 3.8) is 0 Å². The summed E-state index contributed by atoms with van der Waals surface area (Å²) in [4.78, 5) is 0. The van der Waals surface area contributed by atoms with Gasteiger partial charge in [-0.25, -0.2) is 0 Å². The Balaban J connectivity index is 2.51. The quantitative estimate of drug-likeness (QED) is 0.749. The molecule has 0 aromatic carbocycles. The largest absolute Gasteiger partial charge is 0.396 e. The number of nitrogens with one attached hydrogen (secondary N) is 1. The highest BCUT2D eigenvalue weighted by molar-refractivity contribution is 7.15. The Bertz CT molecular complexity index is 280. The molecule has 0 unspecified atom stereocenters. The van der Waals surface area contributed by atoms with Crippen molar-refractivity contribution in [2.24, 2.45) is 0 Å². The molecule has 0 aliphatic carbocycles. The van der Waals surface area contributed by atoms with E-state index in [4.69, 9.17) is 5.11 Å². The molecule has 0 saturated heterocycles. The van der Waals surface area contributed by atoms with Crippen LogP contribution in [0.1, 0.15) is 32.2 Å². The maximum Gasteiger partial charge on any atom is 0.205 e. The number of aromatic nitrogens is 2. The van der Waals surface area contributed by atoms with Gasteiger partial charge in [0.2, 0.25) is 5.13 Å². The lowest BCUT2D eigenvalue weighted by molar-refractivity contribution is 0.292. The topological polar surface area (TPSA) is 58.0 Å². The van der Waals surface area contributed by atoms with E-state index in [2.05, 4.69) is 36.3 Å². The molecule has 4 nitrogen and oxygen atoms in total. The zero-order valence-electron chi connectivity index (χ0n) is 8.87. The summed E-state index contributed by atoms with van der Waals surface area (Å²) >= 11 is 1.58. The van der Waals surface area contributed by atoms with E-state index in [0.29, 0.717) is 0 Å². The predicted molar refractivity (Wildman–Crippen MR) is 58.8 cm³/mol. The SMILES string of the molecule is CC(C)(C)c1nnc(NCCCO)s1. The molecule has 14 heavy (non-hydrogen) atoms. The fourth-order valence-electron chi connectivity index (χ4n) is 0.872. The van der Waals surface area contributed by atoms with Crippen molar-refractivity contribution in [1.29, 1.82) is 0 Å². The third-order valence-corrected chi connectivity index (χ3v) is 2.98. The van der Waals surface area contributed by atoms with E-state index in [1.807, 2.05) is 0 Å². The summed E-state index contributed by atoms with van der Waals surface area (Å²) in [5.41, 5.74) is 0.0641. The highest BCUT2D eigenvalue weighted by Crippen LogP contribution is 2.27.